The van der Waals surface area contributed by atoms with Crippen LogP contribution in [0.4, 0.5) is 27.1 Å². The van der Waals surface area contributed by atoms with Crippen LogP contribution in [0.25, 0.3) is 49.9 Å². The van der Waals surface area contributed by atoms with E-state index in [1.165, 1.54) is 17.2 Å². The first-order chi connectivity index (χ1) is 33.1. The maximum absolute atomic E-state index is 15.7. The van der Waals surface area contributed by atoms with E-state index in [0.717, 1.165) is 55.7 Å². The molecule has 0 radical (unpaired) electrons. The Kier molecular flexibility index (Phi) is 9.76. The third-order valence-corrected chi connectivity index (χ3v) is 13.2. The van der Waals surface area contributed by atoms with Gasteiger partial charge in [-0.2, -0.15) is 0 Å². The minimum Gasteiger partial charge on any atom is -0.457 e. The van der Waals surface area contributed by atoms with Gasteiger partial charge < -0.3 is 14.5 Å². The highest BCUT2D eigenvalue weighted by molar-refractivity contribution is 6.16. The first-order valence-electron chi connectivity index (χ1n) is 24.7. The summed E-state index contributed by atoms with van der Waals surface area (Å²) in [5.74, 6) is 1.31. The van der Waals surface area contributed by atoms with Gasteiger partial charge in [0.05, 0.1) is 22.4 Å². The Labute approximate surface area is 399 Å². The molecule has 0 amide bonds. The van der Waals surface area contributed by atoms with E-state index in [-0.39, 0.29) is 27.6 Å². The molecule has 10 rings (SSSR count). The highest BCUT2D eigenvalue weighted by atomic mass is 19.1. The second-order valence-electron chi connectivity index (χ2n) is 21.0. The molecule has 1 aliphatic heterocycles. The first kappa shape index (κ1) is 40.1. The van der Waals surface area contributed by atoms with Gasteiger partial charge in [-0.1, -0.05) is 141 Å². The van der Waals surface area contributed by atoms with Gasteiger partial charge in [0.1, 0.15) is 29.8 Å². The second-order valence-corrected chi connectivity index (χ2v) is 21.0. The van der Waals surface area contributed by atoms with E-state index < -0.39 is 6.85 Å². The number of hydrogen-bond acceptors (Lipinski definition) is 4. The fourth-order valence-electron chi connectivity index (χ4n) is 9.35. The minimum absolute atomic E-state index is 0.0265. The molecular formula is C61H59FN4O. The Morgan fingerprint density at radius 1 is 0.537 bits per heavy atom. The lowest BCUT2D eigenvalue weighted by Gasteiger charge is -2.29. The van der Waals surface area contributed by atoms with Crippen LogP contribution < -0.4 is 14.5 Å². The normalized spacial score (nSPS) is 14.0. The van der Waals surface area contributed by atoms with Crippen LogP contribution in [-0.2, 0) is 16.2 Å². The molecule has 336 valence electrons. The van der Waals surface area contributed by atoms with Crippen molar-refractivity contribution in [3.63, 3.8) is 0 Å². The van der Waals surface area contributed by atoms with Gasteiger partial charge >= 0.3 is 0 Å². The molecule has 9 aromatic rings. The molecule has 67 heavy (non-hydrogen) atoms. The molecule has 2 aromatic heterocycles. The predicted molar refractivity (Wildman–Crippen MR) is 279 cm³/mol. The van der Waals surface area contributed by atoms with Crippen molar-refractivity contribution < 1.29 is 13.2 Å². The molecule has 5 nitrogen and oxygen atoms in total. The lowest BCUT2D eigenvalue weighted by molar-refractivity contribution is 0.483. The average molecular weight is 886 g/mol. The summed E-state index contributed by atoms with van der Waals surface area (Å²) in [6, 6.07) is 51.9. The number of halogens is 1. The van der Waals surface area contributed by atoms with Crippen LogP contribution in [0.1, 0.15) is 88.7 Å². The number of rotatable bonds is 7. The summed E-state index contributed by atoms with van der Waals surface area (Å²) in [5.41, 5.74) is 12.2. The van der Waals surface area contributed by atoms with Crippen LogP contribution >= 0.6 is 0 Å². The summed E-state index contributed by atoms with van der Waals surface area (Å²) in [6.07, 6.45) is 1.66. The lowest BCUT2D eigenvalue weighted by Crippen LogP contribution is -2.25. The molecule has 7 aromatic carbocycles. The van der Waals surface area contributed by atoms with Gasteiger partial charge in [-0.3, -0.25) is 4.57 Å². The fourth-order valence-corrected chi connectivity index (χ4v) is 9.35. The molecule has 0 saturated heterocycles. The van der Waals surface area contributed by atoms with E-state index in [4.69, 9.17) is 13.8 Å². The monoisotopic (exact) mass is 885 g/mol. The number of fused-ring (bicyclic) bond motifs is 4. The number of pyridine rings is 1. The third kappa shape index (κ3) is 8.13. The molecule has 0 fully saturated rings. The van der Waals surface area contributed by atoms with Crippen LogP contribution in [0.5, 0.6) is 11.5 Å². The molecule has 1 aliphatic rings. The SMILES string of the molecule is [2H]C([2H])([2H])c1cc(-n2c3cc(Oc4cccc(N5CN(c6cc(C(C)(C)C)cc(C(C)(C)C)c6)c6ccccc65)c4)ccc3c3c(-c4ccccc4F)cccc32)ncc1-c1ccc(C(C)(C)C)cc1. The molecule has 0 atom stereocenters. The van der Waals surface area contributed by atoms with E-state index >= 15 is 4.39 Å². The molecule has 0 unspecified atom stereocenters. The Morgan fingerprint density at radius 3 is 1.84 bits per heavy atom. The molecule has 0 N–H and O–H groups in total. The molecule has 3 heterocycles. The fraction of sp³-hybridized carbons (Fsp3) is 0.230. The molecule has 0 aliphatic carbocycles. The molecule has 0 bridgehead atoms. The number of anilines is 4. The van der Waals surface area contributed by atoms with Crippen molar-refractivity contribution in [2.75, 3.05) is 16.5 Å². The Morgan fingerprint density at radius 2 is 1.16 bits per heavy atom. The van der Waals surface area contributed by atoms with Crippen molar-refractivity contribution in [3.8, 4) is 39.6 Å². The summed E-state index contributed by atoms with van der Waals surface area (Å²) in [7, 11) is 0. The van der Waals surface area contributed by atoms with Crippen molar-refractivity contribution in [1.82, 2.24) is 9.55 Å². The lowest BCUT2D eigenvalue weighted by atomic mass is 9.80. The maximum Gasteiger partial charge on any atom is 0.137 e. The van der Waals surface area contributed by atoms with Gasteiger partial charge in [0, 0.05) is 55.7 Å². The topological polar surface area (TPSA) is 33.5 Å². The summed E-state index contributed by atoms with van der Waals surface area (Å²) < 4.78 is 50.6. The molecule has 0 saturated carbocycles. The van der Waals surface area contributed by atoms with Crippen LogP contribution in [0, 0.1) is 12.7 Å². The Balaban J connectivity index is 1.07. The van der Waals surface area contributed by atoms with Crippen LogP contribution in [0.15, 0.2) is 164 Å². The van der Waals surface area contributed by atoms with Crippen molar-refractivity contribution in [1.29, 1.82) is 0 Å². The van der Waals surface area contributed by atoms with E-state index in [1.807, 2.05) is 71.3 Å². The quantitative estimate of drug-likeness (QED) is 0.160. The number of ether oxygens (including phenoxy) is 1. The molecule has 0 spiro atoms. The second kappa shape index (κ2) is 16.3. The number of aryl methyl sites for hydroxylation is 1. The van der Waals surface area contributed by atoms with E-state index in [1.54, 1.807) is 24.4 Å². The van der Waals surface area contributed by atoms with Crippen LogP contribution in [0.3, 0.4) is 0 Å². The first-order valence-corrected chi connectivity index (χ1v) is 23.2. The van der Waals surface area contributed by atoms with E-state index in [0.29, 0.717) is 40.7 Å². The number of benzene rings is 7. The maximum atomic E-state index is 15.7. The van der Waals surface area contributed by atoms with Crippen LogP contribution in [-0.4, -0.2) is 16.2 Å². The number of aromatic nitrogens is 2. The number of hydrogen-bond donors (Lipinski definition) is 0. The van der Waals surface area contributed by atoms with Crippen molar-refractivity contribution in [2.24, 2.45) is 0 Å². The van der Waals surface area contributed by atoms with Crippen LogP contribution in [0.2, 0.25) is 0 Å². The zero-order valence-corrected chi connectivity index (χ0v) is 39.9. The van der Waals surface area contributed by atoms with E-state index in [2.05, 4.69) is 139 Å². The van der Waals surface area contributed by atoms with Crippen molar-refractivity contribution in [2.45, 2.75) is 85.4 Å². The molecular weight excluding hydrogens is 824 g/mol. The number of para-hydroxylation sites is 2. The minimum atomic E-state index is -2.45. The van der Waals surface area contributed by atoms with Gasteiger partial charge in [0.25, 0.3) is 0 Å². The standard InChI is InChI=1S/C61H59FN4O/c1-39-31-57(63-37-51(39)40-25-27-41(28-26-40)59(2,3)4)66-55-24-16-20-49(48-19-11-12-21-52(48)62)58(55)50-30-29-47(36-56(50)66)67-46-18-15-17-44(35-46)64-38-65(54-23-14-13-22-53(54)64)45-33-42(60(5,6)7)32-43(34-45)61(8,9)10/h11-37H,38H2,1-10H3/i1D3. The van der Waals surface area contributed by atoms with E-state index in [9.17, 15) is 0 Å². The summed E-state index contributed by atoms with van der Waals surface area (Å²) in [5, 5.41) is 1.66. The largest absolute Gasteiger partial charge is 0.457 e. The van der Waals surface area contributed by atoms with Gasteiger partial charge in [-0.15, -0.1) is 0 Å². The summed E-state index contributed by atoms with van der Waals surface area (Å²) >= 11 is 0. The van der Waals surface area contributed by atoms with Gasteiger partial charge in [0.2, 0.25) is 0 Å². The molecule has 6 heteroatoms. The highest BCUT2D eigenvalue weighted by Crippen LogP contribution is 2.47. The summed E-state index contributed by atoms with van der Waals surface area (Å²) in [6.45, 7) is 18.2. The van der Waals surface area contributed by atoms with Gasteiger partial charge in [-0.25, -0.2) is 9.37 Å². The van der Waals surface area contributed by atoms with Gasteiger partial charge in [0.15, 0.2) is 0 Å². The summed E-state index contributed by atoms with van der Waals surface area (Å²) in [4.78, 5) is 9.72. The highest BCUT2D eigenvalue weighted by Gasteiger charge is 2.31. The smallest absolute Gasteiger partial charge is 0.137 e. The van der Waals surface area contributed by atoms with Crippen molar-refractivity contribution >= 4 is 44.6 Å². The third-order valence-electron chi connectivity index (χ3n) is 13.2. The number of nitrogens with zero attached hydrogens (tertiary/aromatic N) is 4. The predicted octanol–water partition coefficient (Wildman–Crippen LogP) is 16.9. The zero-order chi connectivity index (χ0) is 49.5. The zero-order valence-electron chi connectivity index (χ0n) is 42.9. The Bertz CT molecular complexity index is 3430. The average Bonchev–Trinajstić information content (AvgIpc) is 3.87. The van der Waals surface area contributed by atoms with Gasteiger partial charge in [-0.05, 0) is 123 Å². The Hall–Kier alpha value is -7.18. The van der Waals surface area contributed by atoms with Crippen molar-refractivity contribution in [3.05, 3.63) is 192 Å².